The summed E-state index contributed by atoms with van der Waals surface area (Å²) in [7, 11) is 0. The molecular weight excluding hydrogens is 854 g/mol. The maximum Gasteiger partial charge on any atom is 0.135 e. The van der Waals surface area contributed by atoms with Crippen molar-refractivity contribution in [1.29, 1.82) is 0 Å². The van der Waals surface area contributed by atoms with E-state index >= 15 is 0 Å². The first kappa shape index (κ1) is 35.1. The number of pyridine rings is 1. The van der Waals surface area contributed by atoms with Gasteiger partial charge in [-0.3, -0.25) is 0 Å². The molecule has 0 fully saturated rings. The molecule has 0 amide bonds. The van der Waals surface area contributed by atoms with Gasteiger partial charge in [-0.15, -0.1) is 35.0 Å². The molecule has 5 nitrogen and oxygen atoms in total. The molecule has 10 rings (SSSR count). The number of hydrogen-bond acceptors (Lipinski definition) is 3. The average molecular weight is 895 g/mol. The second-order valence-electron chi connectivity index (χ2n) is 15.8. The molecule has 0 bridgehead atoms. The van der Waals surface area contributed by atoms with Crippen LogP contribution in [0.15, 0.2) is 128 Å². The summed E-state index contributed by atoms with van der Waals surface area (Å²) in [6, 6.07) is 51.8. The second-order valence-corrected chi connectivity index (χ2v) is 15.8. The van der Waals surface area contributed by atoms with E-state index in [9.17, 15) is 0 Å². The van der Waals surface area contributed by atoms with Crippen molar-refractivity contribution >= 4 is 66.4 Å². The monoisotopic (exact) mass is 894 g/mol. The number of hydrogen-bond donors (Lipinski definition) is 0. The number of rotatable bonds is 4. The summed E-state index contributed by atoms with van der Waals surface area (Å²) in [6.45, 7) is 14.1. The molecule has 0 saturated carbocycles. The fraction of sp³-hybridized carbons (Fsp3) is 0.163. The molecule has 0 N–H and O–H groups in total. The van der Waals surface area contributed by atoms with Crippen LogP contribution in [0.5, 0.6) is 0 Å². The zero-order valence-corrected chi connectivity index (χ0v) is 34.2. The summed E-state index contributed by atoms with van der Waals surface area (Å²) in [6.07, 6.45) is 1.93. The summed E-state index contributed by atoms with van der Waals surface area (Å²) in [5.74, 6) is 0.898. The van der Waals surface area contributed by atoms with Crippen molar-refractivity contribution in [2.24, 2.45) is 0 Å². The van der Waals surface area contributed by atoms with Gasteiger partial charge in [0.25, 0.3) is 0 Å². The van der Waals surface area contributed by atoms with Crippen LogP contribution in [0.1, 0.15) is 43.0 Å². The Morgan fingerprint density at radius 3 is 1.76 bits per heavy atom. The molecule has 55 heavy (non-hydrogen) atoms. The molecule has 0 atom stereocenters. The first-order valence-electron chi connectivity index (χ1n) is 18.8. The van der Waals surface area contributed by atoms with Crippen molar-refractivity contribution in [2.45, 2.75) is 47.0 Å². The van der Waals surface area contributed by atoms with Crippen molar-refractivity contribution in [3.8, 4) is 11.5 Å². The van der Waals surface area contributed by atoms with Crippen LogP contribution in [-0.2, 0) is 26.5 Å². The summed E-state index contributed by atoms with van der Waals surface area (Å²) in [4.78, 5) is 9.78. The Morgan fingerprint density at radius 2 is 1.11 bits per heavy atom. The van der Waals surface area contributed by atoms with E-state index in [1.165, 1.54) is 50.1 Å². The van der Waals surface area contributed by atoms with Crippen LogP contribution in [-0.4, -0.2) is 20.8 Å². The first-order chi connectivity index (χ1) is 26.2. The molecule has 0 spiro atoms. The standard InChI is InChI=1S/C49H41N5.Pt/c1-31-25-32(2)48(33(3)26-31)52-30-51(43-17-11-12-18-44(43)52)35-19-21-39-37-13-7-9-15-41(37)53(45(39)28-35)36-20-22-40-38-14-8-10-16-42(38)54(46(40)29-36)47-27-34(23-24-50-47)49(4,5)6;/h7-27H,30H2,1-6H3;/q-2;. The van der Waals surface area contributed by atoms with E-state index in [2.05, 4.69) is 194 Å². The van der Waals surface area contributed by atoms with Gasteiger partial charge in [0.15, 0.2) is 0 Å². The van der Waals surface area contributed by atoms with Crippen molar-refractivity contribution in [3.63, 3.8) is 0 Å². The third-order valence-corrected chi connectivity index (χ3v) is 11.2. The van der Waals surface area contributed by atoms with E-state index in [1.807, 2.05) is 6.20 Å². The third-order valence-electron chi connectivity index (χ3n) is 11.2. The van der Waals surface area contributed by atoms with E-state index in [0.29, 0.717) is 6.67 Å². The topological polar surface area (TPSA) is 29.2 Å². The molecule has 0 saturated heterocycles. The van der Waals surface area contributed by atoms with Crippen molar-refractivity contribution < 1.29 is 21.1 Å². The Bertz CT molecular complexity index is 2940. The number of anilines is 4. The zero-order chi connectivity index (χ0) is 36.9. The average Bonchev–Trinajstić information content (AvgIpc) is 3.82. The van der Waals surface area contributed by atoms with Gasteiger partial charge in [-0.05, 0) is 90.0 Å². The Kier molecular flexibility index (Phi) is 8.29. The third kappa shape index (κ3) is 5.51. The molecule has 6 aromatic carbocycles. The molecular formula is C49H41N5Pt-2. The summed E-state index contributed by atoms with van der Waals surface area (Å²) < 4.78 is 4.61. The van der Waals surface area contributed by atoms with Gasteiger partial charge >= 0.3 is 0 Å². The minimum Gasteiger partial charge on any atom is -0.358 e. The van der Waals surface area contributed by atoms with Crippen LogP contribution in [0.2, 0.25) is 0 Å². The number of fused-ring (bicyclic) bond motifs is 7. The van der Waals surface area contributed by atoms with E-state index in [4.69, 9.17) is 4.98 Å². The molecule has 3 aromatic heterocycles. The molecule has 6 heteroatoms. The predicted molar refractivity (Wildman–Crippen MR) is 226 cm³/mol. The Hall–Kier alpha value is -5.64. The number of benzene rings is 6. The Balaban J connectivity index is 0.00000397. The SMILES string of the molecule is Cc1cc(C)c(N2CN(c3[c-]c4c(cc3)c3ccccc3n4-c3[c-]c4c(cc3)c3ccccc3n4-c3cc(C(C)(C)C)ccn3)c3ccccc32)c(C)c1.[Pt]. The Labute approximate surface area is 336 Å². The van der Waals surface area contributed by atoms with Gasteiger partial charge in [-0.2, -0.15) is 12.1 Å². The summed E-state index contributed by atoms with van der Waals surface area (Å²) >= 11 is 0. The normalized spacial score (nSPS) is 13.0. The van der Waals surface area contributed by atoms with Gasteiger partial charge < -0.3 is 18.9 Å². The van der Waals surface area contributed by atoms with E-state index in [1.54, 1.807) is 0 Å². The van der Waals surface area contributed by atoms with Crippen molar-refractivity contribution in [3.05, 3.63) is 162 Å². The van der Waals surface area contributed by atoms with Gasteiger partial charge in [-0.25, -0.2) is 4.98 Å². The van der Waals surface area contributed by atoms with Crippen molar-refractivity contribution in [1.82, 2.24) is 14.1 Å². The smallest absolute Gasteiger partial charge is 0.135 e. The van der Waals surface area contributed by atoms with Gasteiger partial charge in [0, 0.05) is 44.0 Å². The molecule has 9 aromatic rings. The van der Waals surface area contributed by atoms with Crippen LogP contribution < -0.4 is 9.80 Å². The largest absolute Gasteiger partial charge is 0.358 e. The van der Waals surface area contributed by atoms with Gasteiger partial charge in [0.2, 0.25) is 0 Å². The molecule has 0 radical (unpaired) electrons. The second kappa shape index (κ2) is 13.0. The van der Waals surface area contributed by atoms with Gasteiger partial charge in [0.1, 0.15) is 5.82 Å². The number of nitrogens with zero attached hydrogens (tertiary/aromatic N) is 5. The summed E-state index contributed by atoms with van der Waals surface area (Å²) in [5.41, 5.74) is 15.0. The Morgan fingerprint density at radius 1 is 0.564 bits per heavy atom. The zero-order valence-electron chi connectivity index (χ0n) is 31.9. The van der Waals surface area contributed by atoms with Crippen LogP contribution in [0.4, 0.5) is 22.7 Å². The number of aryl methyl sites for hydroxylation is 3. The molecule has 1 aliphatic heterocycles. The van der Waals surface area contributed by atoms with Crippen LogP contribution in [0, 0.1) is 32.9 Å². The fourth-order valence-electron chi connectivity index (χ4n) is 8.76. The maximum absolute atomic E-state index is 4.93. The molecule has 0 aliphatic carbocycles. The van der Waals surface area contributed by atoms with Crippen LogP contribution in [0.3, 0.4) is 0 Å². The first-order valence-corrected chi connectivity index (χ1v) is 18.8. The minimum absolute atomic E-state index is 0. The fourth-order valence-corrected chi connectivity index (χ4v) is 8.76. The van der Waals surface area contributed by atoms with E-state index in [0.717, 1.165) is 50.0 Å². The van der Waals surface area contributed by atoms with E-state index < -0.39 is 0 Å². The van der Waals surface area contributed by atoms with Crippen LogP contribution in [0.25, 0.3) is 55.1 Å². The van der Waals surface area contributed by atoms with Crippen LogP contribution >= 0.6 is 0 Å². The molecule has 1 aliphatic rings. The van der Waals surface area contributed by atoms with Gasteiger partial charge in [-0.1, -0.05) is 109 Å². The van der Waals surface area contributed by atoms with E-state index in [-0.39, 0.29) is 26.5 Å². The quantitative estimate of drug-likeness (QED) is 0.165. The number of aromatic nitrogens is 3. The summed E-state index contributed by atoms with van der Waals surface area (Å²) in [5, 5.41) is 4.69. The predicted octanol–water partition coefficient (Wildman–Crippen LogP) is 12.3. The van der Waals surface area contributed by atoms with Crippen molar-refractivity contribution in [2.75, 3.05) is 16.5 Å². The maximum atomic E-state index is 4.93. The molecule has 4 heterocycles. The minimum atomic E-state index is -0.00742. The molecule has 274 valence electrons. The molecule has 0 unspecified atom stereocenters. The van der Waals surface area contributed by atoms with Gasteiger partial charge in [0.05, 0.1) is 18.0 Å². The number of para-hydroxylation sites is 4.